The molecule has 3 N–H and O–H groups in total. The molecule has 2 rings (SSSR count). The lowest BCUT2D eigenvalue weighted by atomic mass is 10.1. The number of carbonyl (C=O) groups excluding carboxylic acids is 2. The summed E-state index contributed by atoms with van der Waals surface area (Å²) in [7, 11) is 0. The molecule has 21 heavy (non-hydrogen) atoms. The monoisotopic (exact) mass is 304 g/mol. The topological polar surface area (TPSA) is 78.4 Å². The Bertz CT molecular complexity index is 611. The Hall–Kier alpha value is -2.18. The van der Waals surface area contributed by atoms with Crippen molar-refractivity contribution in [3.05, 3.63) is 57.8 Å². The zero-order chi connectivity index (χ0) is 15.1. The fourth-order valence-electron chi connectivity index (χ4n) is 1.80. The maximum absolute atomic E-state index is 11.7. The molecule has 6 heteroatoms. The van der Waals surface area contributed by atoms with Crippen molar-refractivity contribution in [3.8, 4) is 0 Å². The van der Waals surface area contributed by atoms with Gasteiger partial charge in [0.1, 0.15) is 0 Å². The largest absolute Gasteiger partial charge is 0.392 e. The number of benzene rings is 1. The molecule has 1 aromatic carbocycles. The van der Waals surface area contributed by atoms with Crippen LogP contribution in [0.5, 0.6) is 0 Å². The number of aliphatic hydroxyl groups is 1. The van der Waals surface area contributed by atoms with Crippen molar-refractivity contribution in [2.75, 3.05) is 6.54 Å². The molecular formula is C15H16N2O3S. The molecule has 0 radical (unpaired) electrons. The molecule has 0 aliphatic heterocycles. The summed E-state index contributed by atoms with van der Waals surface area (Å²) in [6.45, 7) is 0.184. The minimum atomic E-state index is -0.271. The van der Waals surface area contributed by atoms with Crippen LogP contribution in [-0.2, 0) is 17.9 Å². The van der Waals surface area contributed by atoms with Crippen LogP contribution in [0.15, 0.2) is 41.8 Å². The number of rotatable bonds is 6. The first kappa shape index (κ1) is 15.2. The van der Waals surface area contributed by atoms with E-state index in [-0.39, 0.29) is 25.0 Å². The van der Waals surface area contributed by atoms with Crippen LogP contribution in [0.4, 0.5) is 0 Å². The van der Waals surface area contributed by atoms with Crippen molar-refractivity contribution in [1.82, 2.24) is 10.6 Å². The second kappa shape index (κ2) is 7.56. The molecule has 2 aromatic rings. The predicted octanol–water partition coefficient (Wildman–Crippen LogP) is 1.29. The van der Waals surface area contributed by atoms with Gasteiger partial charge in [-0.1, -0.05) is 30.3 Å². The van der Waals surface area contributed by atoms with E-state index in [1.165, 1.54) is 11.3 Å². The van der Waals surface area contributed by atoms with E-state index < -0.39 is 0 Å². The highest BCUT2D eigenvalue weighted by molar-refractivity contribution is 7.12. The first-order chi connectivity index (χ1) is 10.2. The fraction of sp³-hybridized carbons (Fsp3) is 0.200. The van der Waals surface area contributed by atoms with Gasteiger partial charge in [0.25, 0.3) is 5.91 Å². The minimum Gasteiger partial charge on any atom is -0.392 e. The van der Waals surface area contributed by atoms with Gasteiger partial charge in [-0.25, -0.2) is 0 Å². The van der Waals surface area contributed by atoms with Crippen LogP contribution in [0.3, 0.4) is 0 Å². The molecule has 1 heterocycles. The lowest BCUT2D eigenvalue weighted by Gasteiger charge is -2.09. The quantitative estimate of drug-likeness (QED) is 0.752. The summed E-state index contributed by atoms with van der Waals surface area (Å²) in [4.78, 5) is 24.0. The Labute approximate surface area is 126 Å². The number of hydrogen-bond donors (Lipinski definition) is 3. The number of aliphatic hydroxyl groups excluding tert-OH is 1. The average Bonchev–Trinajstić information content (AvgIpc) is 3.05. The number of nitrogens with one attached hydrogen (secondary N) is 2. The summed E-state index contributed by atoms with van der Waals surface area (Å²) in [5.74, 6) is -0.524. The maximum atomic E-state index is 11.7. The van der Waals surface area contributed by atoms with Crippen LogP contribution in [0.25, 0.3) is 0 Å². The molecule has 1 aromatic heterocycles. The van der Waals surface area contributed by atoms with Crippen molar-refractivity contribution in [2.24, 2.45) is 0 Å². The molecule has 0 unspecified atom stereocenters. The molecule has 2 amide bonds. The van der Waals surface area contributed by atoms with Gasteiger partial charge in [0.05, 0.1) is 18.0 Å². The van der Waals surface area contributed by atoms with Gasteiger partial charge >= 0.3 is 0 Å². The van der Waals surface area contributed by atoms with Crippen molar-refractivity contribution in [2.45, 2.75) is 13.2 Å². The average molecular weight is 304 g/mol. The van der Waals surface area contributed by atoms with E-state index in [9.17, 15) is 14.7 Å². The lowest BCUT2D eigenvalue weighted by molar-refractivity contribution is -0.120. The molecule has 0 spiro atoms. The van der Waals surface area contributed by atoms with Crippen molar-refractivity contribution in [1.29, 1.82) is 0 Å². The first-order valence-electron chi connectivity index (χ1n) is 6.46. The molecule has 0 bridgehead atoms. The Kier molecular flexibility index (Phi) is 5.48. The van der Waals surface area contributed by atoms with Crippen LogP contribution in [0.2, 0.25) is 0 Å². The molecule has 0 aliphatic carbocycles. The van der Waals surface area contributed by atoms with Gasteiger partial charge in [-0.05, 0) is 22.6 Å². The lowest BCUT2D eigenvalue weighted by Crippen LogP contribution is -2.36. The minimum absolute atomic E-state index is 0.0683. The molecular weight excluding hydrogens is 288 g/mol. The summed E-state index contributed by atoms with van der Waals surface area (Å²) in [6, 6.07) is 10.8. The molecule has 0 saturated heterocycles. The summed E-state index contributed by atoms with van der Waals surface area (Å²) in [6.07, 6.45) is 0. The van der Waals surface area contributed by atoms with Crippen molar-refractivity contribution < 1.29 is 14.7 Å². The van der Waals surface area contributed by atoms with Crippen LogP contribution in [0, 0.1) is 0 Å². The highest BCUT2D eigenvalue weighted by Crippen LogP contribution is 2.08. The number of thiophene rings is 1. The van der Waals surface area contributed by atoms with Gasteiger partial charge in [-0.3, -0.25) is 9.59 Å². The maximum Gasteiger partial charge on any atom is 0.261 e. The number of carbonyl (C=O) groups is 2. The summed E-state index contributed by atoms with van der Waals surface area (Å²) >= 11 is 1.33. The van der Waals surface area contributed by atoms with E-state index in [1.807, 2.05) is 18.2 Å². The van der Waals surface area contributed by atoms with Gasteiger partial charge < -0.3 is 15.7 Å². The van der Waals surface area contributed by atoms with Gasteiger partial charge in [0, 0.05) is 6.54 Å². The van der Waals surface area contributed by atoms with Gasteiger partial charge in [-0.15, -0.1) is 11.3 Å². The normalized spacial score (nSPS) is 10.1. The fourth-order valence-corrected chi connectivity index (χ4v) is 2.44. The molecule has 0 aliphatic rings. The van der Waals surface area contributed by atoms with Crippen LogP contribution < -0.4 is 10.6 Å². The smallest absolute Gasteiger partial charge is 0.261 e. The molecule has 110 valence electrons. The van der Waals surface area contributed by atoms with Gasteiger partial charge in [0.15, 0.2) is 0 Å². The second-order valence-corrected chi connectivity index (χ2v) is 5.31. The Balaban J connectivity index is 1.78. The third-order valence-corrected chi connectivity index (χ3v) is 3.79. The van der Waals surface area contributed by atoms with Crippen molar-refractivity contribution in [3.63, 3.8) is 0 Å². The van der Waals surface area contributed by atoms with E-state index in [4.69, 9.17) is 0 Å². The Morgan fingerprint density at radius 1 is 1.05 bits per heavy atom. The van der Waals surface area contributed by atoms with E-state index in [0.717, 1.165) is 11.1 Å². The summed E-state index contributed by atoms with van der Waals surface area (Å²) < 4.78 is 0. The highest BCUT2D eigenvalue weighted by Gasteiger charge is 2.09. The Morgan fingerprint density at radius 3 is 2.48 bits per heavy atom. The third kappa shape index (κ3) is 4.40. The standard InChI is InChI=1S/C15H16N2O3S/c18-10-12-5-2-1-4-11(12)8-16-14(19)9-17-15(20)13-6-3-7-21-13/h1-7,18H,8-10H2,(H,16,19)(H,17,20). The number of amides is 2. The zero-order valence-electron chi connectivity index (χ0n) is 11.3. The van der Waals surface area contributed by atoms with E-state index >= 15 is 0 Å². The van der Waals surface area contributed by atoms with Crippen LogP contribution in [-0.4, -0.2) is 23.5 Å². The zero-order valence-corrected chi connectivity index (χ0v) is 12.2. The van der Waals surface area contributed by atoms with E-state index in [1.54, 1.807) is 23.6 Å². The number of hydrogen-bond acceptors (Lipinski definition) is 4. The van der Waals surface area contributed by atoms with Crippen LogP contribution >= 0.6 is 11.3 Å². The van der Waals surface area contributed by atoms with E-state index in [2.05, 4.69) is 10.6 Å². The molecule has 5 nitrogen and oxygen atoms in total. The van der Waals surface area contributed by atoms with Gasteiger partial charge in [0.2, 0.25) is 5.91 Å². The third-order valence-electron chi connectivity index (χ3n) is 2.92. The predicted molar refractivity (Wildman–Crippen MR) is 80.9 cm³/mol. The van der Waals surface area contributed by atoms with Crippen molar-refractivity contribution >= 4 is 23.2 Å². The van der Waals surface area contributed by atoms with E-state index in [0.29, 0.717) is 11.4 Å². The summed E-state index contributed by atoms with van der Waals surface area (Å²) in [5.41, 5.74) is 1.64. The molecule has 0 atom stereocenters. The van der Waals surface area contributed by atoms with Gasteiger partial charge in [-0.2, -0.15) is 0 Å². The second-order valence-electron chi connectivity index (χ2n) is 4.36. The first-order valence-corrected chi connectivity index (χ1v) is 7.34. The molecule has 0 saturated carbocycles. The Morgan fingerprint density at radius 2 is 1.81 bits per heavy atom. The van der Waals surface area contributed by atoms with Crippen LogP contribution in [0.1, 0.15) is 20.8 Å². The molecule has 0 fully saturated rings. The summed E-state index contributed by atoms with van der Waals surface area (Å²) in [5, 5.41) is 16.3. The highest BCUT2D eigenvalue weighted by atomic mass is 32.1. The SMILES string of the molecule is O=C(CNC(=O)c1cccs1)NCc1ccccc1CO.